The van der Waals surface area contributed by atoms with Crippen molar-refractivity contribution < 1.29 is 14.6 Å². The van der Waals surface area contributed by atoms with Gasteiger partial charge >= 0.3 is 0 Å². The normalized spacial score (nSPS) is 15.0. The maximum atomic E-state index is 12.8. The molecule has 0 atom stereocenters. The van der Waals surface area contributed by atoms with E-state index >= 15 is 0 Å². The molecule has 1 aliphatic heterocycles. The lowest BCUT2D eigenvalue weighted by molar-refractivity contribution is 0.0546. The number of hydrogen-bond donors (Lipinski definition) is 1. The molecule has 7 heteroatoms. The third-order valence-corrected chi connectivity index (χ3v) is 6.83. The Balaban J connectivity index is 1.50. The third-order valence-electron chi connectivity index (χ3n) is 5.55. The fourth-order valence-corrected chi connectivity index (χ4v) is 4.98. The van der Waals surface area contributed by atoms with Crippen molar-refractivity contribution in [1.82, 2.24) is 9.88 Å². The molecule has 0 bridgehead atoms. The van der Waals surface area contributed by atoms with Gasteiger partial charge in [-0.2, -0.15) is 0 Å². The number of piperidine rings is 1. The van der Waals surface area contributed by atoms with Crippen LogP contribution >= 0.6 is 22.9 Å². The Kier molecular flexibility index (Phi) is 7.07. The minimum absolute atomic E-state index is 0.0400. The standard InChI is InChI=1S/C26H29ClN2O3S/c1-26(2,3)16-32-24-14-17(6-9-28-24)19-13-23(33-15-19)21-5-4-18(12-22(21)27)25(31)29-10-7-20(30)8-11-29/h4-6,9,12-15,20,30H,7-8,10-11,16H2,1-3H3. The molecular weight excluding hydrogens is 456 g/mol. The third kappa shape index (κ3) is 5.94. The van der Waals surface area contributed by atoms with Gasteiger partial charge in [0.15, 0.2) is 0 Å². The van der Waals surface area contributed by atoms with Gasteiger partial charge in [0.2, 0.25) is 5.88 Å². The summed E-state index contributed by atoms with van der Waals surface area (Å²) in [6.45, 7) is 8.11. The molecule has 5 nitrogen and oxygen atoms in total. The van der Waals surface area contributed by atoms with Crippen LogP contribution in [0.4, 0.5) is 0 Å². The van der Waals surface area contributed by atoms with Crippen LogP contribution in [0.1, 0.15) is 44.0 Å². The van der Waals surface area contributed by atoms with Crippen molar-refractivity contribution >= 4 is 28.8 Å². The molecule has 1 N–H and O–H groups in total. The number of hydrogen-bond acceptors (Lipinski definition) is 5. The SMILES string of the molecule is CC(C)(C)COc1cc(-c2csc(-c3ccc(C(=O)N4CCC(O)CC4)cc3Cl)c2)ccn1. The number of aromatic nitrogens is 1. The first-order chi connectivity index (χ1) is 15.7. The van der Waals surface area contributed by atoms with Gasteiger partial charge in [0.05, 0.1) is 17.7 Å². The number of aliphatic hydroxyl groups excluding tert-OH is 1. The zero-order valence-corrected chi connectivity index (χ0v) is 20.7. The van der Waals surface area contributed by atoms with Gasteiger partial charge < -0.3 is 14.7 Å². The number of carbonyl (C=O) groups excluding carboxylic acids is 1. The smallest absolute Gasteiger partial charge is 0.253 e. The average molecular weight is 485 g/mol. The van der Waals surface area contributed by atoms with Gasteiger partial charge in [-0.25, -0.2) is 4.98 Å². The topological polar surface area (TPSA) is 62.7 Å². The number of rotatable bonds is 5. The molecule has 174 valence electrons. The summed E-state index contributed by atoms with van der Waals surface area (Å²) in [5, 5.41) is 12.3. The zero-order chi connectivity index (χ0) is 23.6. The Morgan fingerprint density at radius 1 is 1.18 bits per heavy atom. The number of benzene rings is 1. The van der Waals surface area contributed by atoms with Crippen molar-refractivity contribution in [2.75, 3.05) is 19.7 Å². The monoisotopic (exact) mass is 484 g/mol. The average Bonchev–Trinajstić information content (AvgIpc) is 3.27. The molecule has 1 amide bonds. The van der Waals surface area contributed by atoms with Crippen molar-refractivity contribution in [3.63, 3.8) is 0 Å². The van der Waals surface area contributed by atoms with Crippen LogP contribution in [0.2, 0.25) is 5.02 Å². The highest BCUT2D eigenvalue weighted by molar-refractivity contribution is 7.14. The molecule has 0 radical (unpaired) electrons. The fraction of sp³-hybridized carbons (Fsp3) is 0.385. The minimum Gasteiger partial charge on any atom is -0.477 e. The second-order valence-corrected chi connectivity index (χ2v) is 11.0. The van der Waals surface area contributed by atoms with Crippen molar-refractivity contribution in [1.29, 1.82) is 0 Å². The first-order valence-electron chi connectivity index (χ1n) is 11.1. The molecule has 4 rings (SSSR count). The van der Waals surface area contributed by atoms with Crippen LogP contribution in [0.25, 0.3) is 21.6 Å². The molecule has 1 saturated heterocycles. The number of nitrogens with zero attached hydrogens (tertiary/aromatic N) is 2. The Hall–Kier alpha value is -2.41. The van der Waals surface area contributed by atoms with E-state index in [1.54, 1.807) is 28.5 Å². The lowest BCUT2D eigenvalue weighted by atomic mass is 9.99. The Morgan fingerprint density at radius 2 is 1.94 bits per heavy atom. The van der Waals surface area contributed by atoms with Crippen LogP contribution in [0.3, 0.4) is 0 Å². The first kappa shape index (κ1) is 23.7. The number of aliphatic hydroxyl groups is 1. The van der Waals surface area contributed by atoms with E-state index in [2.05, 4.69) is 37.2 Å². The van der Waals surface area contributed by atoms with E-state index in [4.69, 9.17) is 16.3 Å². The van der Waals surface area contributed by atoms with Gasteiger partial charge in [-0.05, 0) is 59.0 Å². The van der Waals surface area contributed by atoms with Crippen molar-refractivity contribution in [3.8, 4) is 27.4 Å². The van der Waals surface area contributed by atoms with Gasteiger partial charge in [0, 0.05) is 41.4 Å². The van der Waals surface area contributed by atoms with E-state index in [9.17, 15) is 9.90 Å². The van der Waals surface area contributed by atoms with Crippen LogP contribution in [-0.4, -0.2) is 46.7 Å². The van der Waals surface area contributed by atoms with Gasteiger partial charge in [-0.15, -0.1) is 11.3 Å². The summed E-state index contributed by atoms with van der Waals surface area (Å²) in [5.74, 6) is 0.572. The highest BCUT2D eigenvalue weighted by Crippen LogP contribution is 2.37. The lowest BCUT2D eigenvalue weighted by Crippen LogP contribution is -2.40. The predicted molar refractivity (Wildman–Crippen MR) is 134 cm³/mol. The molecule has 3 heterocycles. The molecule has 0 unspecified atom stereocenters. The zero-order valence-electron chi connectivity index (χ0n) is 19.2. The molecule has 1 aliphatic rings. The van der Waals surface area contributed by atoms with Crippen molar-refractivity contribution in [3.05, 3.63) is 58.6 Å². The van der Waals surface area contributed by atoms with Crippen LogP contribution < -0.4 is 4.74 Å². The summed E-state index contributed by atoms with van der Waals surface area (Å²) in [4.78, 5) is 20.0. The molecule has 1 aromatic carbocycles. The molecule has 1 fully saturated rings. The second-order valence-electron chi connectivity index (χ2n) is 9.65. The van der Waals surface area contributed by atoms with E-state index < -0.39 is 0 Å². The van der Waals surface area contributed by atoms with Gasteiger partial charge in [0.1, 0.15) is 0 Å². The molecular formula is C26H29ClN2O3S. The minimum atomic E-state index is -0.311. The Morgan fingerprint density at radius 3 is 2.64 bits per heavy atom. The van der Waals surface area contributed by atoms with Crippen LogP contribution in [0, 0.1) is 5.41 Å². The van der Waals surface area contributed by atoms with Gasteiger partial charge in [-0.3, -0.25) is 4.79 Å². The summed E-state index contributed by atoms with van der Waals surface area (Å²) < 4.78 is 5.86. The van der Waals surface area contributed by atoms with E-state index in [0.717, 1.165) is 21.6 Å². The number of halogens is 1. The fourth-order valence-electron chi connectivity index (χ4n) is 3.69. The van der Waals surface area contributed by atoms with Crippen LogP contribution in [-0.2, 0) is 0 Å². The van der Waals surface area contributed by atoms with Gasteiger partial charge in [-0.1, -0.05) is 38.4 Å². The summed E-state index contributed by atoms with van der Waals surface area (Å²) in [5.41, 5.74) is 3.64. The van der Waals surface area contributed by atoms with Crippen molar-refractivity contribution in [2.45, 2.75) is 39.7 Å². The molecule has 33 heavy (non-hydrogen) atoms. The Bertz CT molecular complexity index is 1130. The highest BCUT2D eigenvalue weighted by atomic mass is 35.5. The van der Waals surface area contributed by atoms with E-state index in [1.165, 1.54) is 0 Å². The largest absolute Gasteiger partial charge is 0.477 e. The van der Waals surface area contributed by atoms with E-state index in [0.29, 0.717) is 49.0 Å². The predicted octanol–water partition coefficient (Wildman–Crippen LogP) is 6.15. The number of carbonyl (C=O) groups is 1. The molecule has 2 aromatic heterocycles. The summed E-state index contributed by atoms with van der Waals surface area (Å²) in [7, 11) is 0. The molecule has 3 aromatic rings. The van der Waals surface area contributed by atoms with E-state index in [1.807, 2.05) is 24.3 Å². The van der Waals surface area contributed by atoms with Crippen molar-refractivity contribution in [2.24, 2.45) is 5.41 Å². The number of ether oxygens (including phenoxy) is 1. The second kappa shape index (κ2) is 9.84. The van der Waals surface area contributed by atoms with Crippen LogP contribution in [0.5, 0.6) is 5.88 Å². The summed E-state index contributed by atoms with van der Waals surface area (Å²) in [6.07, 6.45) is 2.69. The summed E-state index contributed by atoms with van der Waals surface area (Å²) in [6, 6.07) is 11.5. The molecule has 0 saturated carbocycles. The summed E-state index contributed by atoms with van der Waals surface area (Å²) >= 11 is 8.21. The number of amides is 1. The Labute approximate surface area is 204 Å². The van der Waals surface area contributed by atoms with E-state index in [-0.39, 0.29) is 17.4 Å². The maximum absolute atomic E-state index is 12.8. The van der Waals surface area contributed by atoms with Gasteiger partial charge in [0.25, 0.3) is 5.91 Å². The number of likely N-dealkylation sites (tertiary alicyclic amines) is 1. The number of pyridine rings is 1. The molecule has 0 spiro atoms. The quantitative estimate of drug-likeness (QED) is 0.471. The molecule has 0 aliphatic carbocycles. The van der Waals surface area contributed by atoms with Crippen LogP contribution in [0.15, 0.2) is 48.0 Å². The first-order valence-corrected chi connectivity index (χ1v) is 12.4. The highest BCUT2D eigenvalue weighted by Gasteiger charge is 2.23. The number of thiophene rings is 1. The maximum Gasteiger partial charge on any atom is 0.253 e. The lowest BCUT2D eigenvalue weighted by Gasteiger charge is -2.29.